The molecule has 0 bridgehead atoms. The number of carbonyl (C=O) groups excluding carboxylic acids is 1. The number of rotatable bonds is 5. The number of amides is 1. The second kappa shape index (κ2) is 7.21. The molecule has 1 saturated carbocycles. The minimum Gasteiger partial charge on any atom is -0.376 e. The number of carbonyl (C=O) groups is 1. The highest BCUT2D eigenvalue weighted by molar-refractivity contribution is 5.81. The lowest BCUT2D eigenvalue weighted by molar-refractivity contribution is -0.120. The van der Waals surface area contributed by atoms with Gasteiger partial charge in [-0.05, 0) is 53.5 Å². The molecule has 1 aliphatic rings. The topological polar surface area (TPSA) is 84.7 Å². The summed E-state index contributed by atoms with van der Waals surface area (Å²) in [5.74, 6) is 0.622. The molecule has 0 aliphatic heterocycles. The minimum atomic E-state index is 0.0494. The molecule has 1 fully saturated rings. The molecule has 7 nitrogen and oxygen atoms in total. The number of benzene rings is 1. The van der Waals surface area contributed by atoms with Crippen LogP contribution in [0.5, 0.6) is 0 Å². The summed E-state index contributed by atoms with van der Waals surface area (Å²) >= 11 is 0. The number of anilines is 1. The average Bonchev–Trinajstić information content (AvgIpc) is 3.10. The Morgan fingerprint density at radius 1 is 1.26 bits per heavy atom. The molecule has 1 heterocycles. The van der Waals surface area contributed by atoms with Gasteiger partial charge >= 0.3 is 0 Å². The van der Waals surface area contributed by atoms with Crippen LogP contribution in [0.1, 0.15) is 32.6 Å². The van der Waals surface area contributed by atoms with Gasteiger partial charge in [-0.2, -0.15) is 0 Å². The van der Waals surface area contributed by atoms with Gasteiger partial charge in [0.1, 0.15) is 6.33 Å². The van der Waals surface area contributed by atoms with Gasteiger partial charge in [-0.25, -0.2) is 4.68 Å². The quantitative estimate of drug-likeness (QED) is 0.878. The summed E-state index contributed by atoms with van der Waals surface area (Å²) < 4.78 is 1.58. The molecular weight excluding hydrogens is 292 g/mol. The van der Waals surface area contributed by atoms with Gasteiger partial charge in [-0.15, -0.1) is 5.10 Å². The molecule has 1 aromatic heterocycles. The van der Waals surface area contributed by atoms with E-state index >= 15 is 0 Å². The van der Waals surface area contributed by atoms with E-state index in [9.17, 15) is 4.79 Å². The maximum absolute atomic E-state index is 12.1. The minimum absolute atomic E-state index is 0.0494. The van der Waals surface area contributed by atoms with E-state index in [2.05, 4.69) is 33.1 Å². The van der Waals surface area contributed by atoms with Crippen molar-refractivity contribution in [2.24, 2.45) is 5.92 Å². The first kappa shape index (κ1) is 15.5. The summed E-state index contributed by atoms with van der Waals surface area (Å²) in [6.45, 7) is 2.50. The van der Waals surface area contributed by atoms with E-state index in [-0.39, 0.29) is 12.5 Å². The van der Waals surface area contributed by atoms with Crippen LogP contribution in [0.3, 0.4) is 0 Å². The molecule has 0 spiro atoms. The second-order valence-corrected chi connectivity index (χ2v) is 6.09. The third-order valence-electron chi connectivity index (χ3n) is 4.39. The molecule has 3 rings (SSSR count). The third kappa shape index (κ3) is 4.06. The van der Waals surface area contributed by atoms with Crippen LogP contribution in [0, 0.1) is 5.92 Å². The Labute approximate surface area is 135 Å². The number of nitrogens with zero attached hydrogens (tertiary/aromatic N) is 4. The highest BCUT2D eigenvalue weighted by Gasteiger charge is 2.22. The Bertz CT molecular complexity index is 625. The molecule has 0 saturated heterocycles. The highest BCUT2D eigenvalue weighted by atomic mass is 16.2. The van der Waals surface area contributed by atoms with E-state index in [1.165, 1.54) is 19.3 Å². The zero-order valence-electron chi connectivity index (χ0n) is 13.3. The number of tetrazole rings is 1. The van der Waals surface area contributed by atoms with Crippen molar-refractivity contribution in [2.45, 2.75) is 38.6 Å². The van der Waals surface area contributed by atoms with Crippen LogP contribution in [0.25, 0.3) is 5.69 Å². The van der Waals surface area contributed by atoms with Crippen LogP contribution in [0.2, 0.25) is 0 Å². The van der Waals surface area contributed by atoms with Crippen LogP contribution in [0.15, 0.2) is 30.6 Å². The van der Waals surface area contributed by atoms with E-state index in [1.807, 2.05) is 24.3 Å². The fourth-order valence-electron chi connectivity index (χ4n) is 2.98. The van der Waals surface area contributed by atoms with Crippen LogP contribution in [-0.2, 0) is 4.79 Å². The Morgan fingerprint density at radius 3 is 2.74 bits per heavy atom. The molecule has 7 heteroatoms. The van der Waals surface area contributed by atoms with Gasteiger partial charge in [0, 0.05) is 11.7 Å². The van der Waals surface area contributed by atoms with E-state index < -0.39 is 0 Å². The van der Waals surface area contributed by atoms with Crippen molar-refractivity contribution < 1.29 is 4.79 Å². The highest BCUT2D eigenvalue weighted by Crippen LogP contribution is 2.23. The fraction of sp³-hybridized carbons (Fsp3) is 0.500. The van der Waals surface area contributed by atoms with Crippen molar-refractivity contribution in [1.82, 2.24) is 25.5 Å². The zero-order chi connectivity index (χ0) is 16.1. The van der Waals surface area contributed by atoms with Crippen LogP contribution < -0.4 is 10.6 Å². The predicted octanol–water partition coefficient (Wildman–Crippen LogP) is 1.77. The standard InChI is InChI=1S/C16H22N6O/c1-12-4-2-3-5-15(12)19-16(23)10-17-13-6-8-14(9-7-13)22-11-18-20-21-22/h6-9,11-12,15,17H,2-5,10H2,1H3,(H,19,23)/t12-,15-/m1/s1. The van der Waals surface area contributed by atoms with Crippen LogP contribution in [0.4, 0.5) is 5.69 Å². The molecule has 23 heavy (non-hydrogen) atoms. The maximum Gasteiger partial charge on any atom is 0.239 e. The molecule has 122 valence electrons. The largest absolute Gasteiger partial charge is 0.376 e. The Morgan fingerprint density at radius 2 is 2.04 bits per heavy atom. The first-order valence-corrected chi connectivity index (χ1v) is 8.09. The molecule has 1 amide bonds. The van der Waals surface area contributed by atoms with Crippen molar-refractivity contribution in [3.05, 3.63) is 30.6 Å². The number of hydrogen-bond donors (Lipinski definition) is 2. The van der Waals surface area contributed by atoms with Gasteiger partial charge in [0.2, 0.25) is 5.91 Å². The smallest absolute Gasteiger partial charge is 0.239 e. The molecular formula is C16H22N6O. The van der Waals surface area contributed by atoms with Crippen LogP contribution in [-0.4, -0.2) is 38.7 Å². The third-order valence-corrected chi connectivity index (χ3v) is 4.39. The Kier molecular flexibility index (Phi) is 4.85. The van der Waals surface area contributed by atoms with E-state index in [0.717, 1.165) is 17.8 Å². The molecule has 0 unspecified atom stereocenters. The van der Waals surface area contributed by atoms with E-state index in [1.54, 1.807) is 11.0 Å². The monoisotopic (exact) mass is 314 g/mol. The fourth-order valence-corrected chi connectivity index (χ4v) is 2.98. The van der Waals surface area contributed by atoms with Gasteiger partial charge in [0.05, 0.1) is 12.2 Å². The normalized spacial score (nSPS) is 20.9. The van der Waals surface area contributed by atoms with Crippen molar-refractivity contribution >= 4 is 11.6 Å². The molecule has 2 aromatic rings. The first-order valence-electron chi connectivity index (χ1n) is 8.09. The van der Waals surface area contributed by atoms with Gasteiger partial charge in [-0.1, -0.05) is 19.8 Å². The molecule has 1 aliphatic carbocycles. The summed E-state index contributed by atoms with van der Waals surface area (Å²) in [5, 5.41) is 17.3. The second-order valence-electron chi connectivity index (χ2n) is 6.09. The average molecular weight is 314 g/mol. The van der Waals surface area contributed by atoms with E-state index in [0.29, 0.717) is 12.0 Å². The molecule has 0 radical (unpaired) electrons. The Balaban J connectivity index is 1.49. The summed E-state index contributed by atoms with van der Waals surface area (Å²) in [4.78, 5) is 12.1. The van der Waals surface area contributed by atoms with Crippen molar-refractivity contribution in [3.63, 3.8) is 0 Å². The van der Waals surface area contributed by atoms with Gasteiger partial charge < -0.3 is 10.6 Å². The predicted molar refractivity (Wildman–Crippen MR) is 87.2 cm³/mol. The zero-order valence-corrected chi connectivity index (χ0v) is 13.3. The Hall–Kier alpha value is -2.44. The molecule has 2 atom stereocenters. The van der Waals surface area contributed by atoms with Gasteiger partial charge in [0.15, 0.2) is 0 Å². The van der Waals surface area contributed by atoms with Crippen molar-refractivity contribution in [1.29, 1.82) is 0 Å². The summed E-state index contributed by atoms with van der Waals surface area (Å²) in [7, 11) is 0. The summed E-state index contributed by atoms with van der Waals surface area (Å²) in [6.07, 6.45) is 6.33. The molecule has 1 aromatic carbocycles. The number of aromatic nitrogens is 4. The summed E-state index contributed by atoms with van der Waals surface area (Å²) in [5.41, 5.74) is 1.77. The van der Waals surface area contributed by atoms with Crippen LogP contribution >= 0.6 is 0 Å². The van der Waals surface area contributed by atoms with Gasteiger partial charge in [0.25, 0.3) is 0 Å². The number of hydrogen-bond acceptors (Lipinski definition) is 5. The lowest BCUT2D eigenvalue weighted by atomic mass is 9.86. The van der Waals surface area contributed by atoms with Crippen molar-refractivity contribution in [3.8, 4) is 5.69 Å². The van der Waals surface area contributed by atoms with Gasteiger partial charge in [-0.3, -0.25) is 4.79 Å². The molecule has 2 N–H and O–H groups in total. The summed E-state index contributed by atoms with van der Waals surface area (Å²) in [6, 6.07) is 7.95. The van der Waals surface area contributed by atoms with Crippen molar-refractivity contribution in [2.75, 3.05) is 11.9 Å². The maximum atomic E-state index is 12.1. The number of nitrogens with one attached hydrogen (secondary N) is 2. The lowest BCUT2D eigenvalue weighted by Gasteiger charge is -2.29. The van der Waals surface area contributed by atoms with E-state index in [4.69, 9.17) is 0 Å². The first-order chi connectivity index (χ1) is 11.2. The lowest BCUT2D eigenvalue weighted by Crippen LogP contribution is -2.43. The SMILES string of the molecule is C[C@@H]1CCCC[C@H]1NC(=O)CNc1ccc(-n2cnnn2)cc1.